The Balaban J connectivity index is 1.76. The number of rotatable bonds is 7. The summed E-state index contributed by atoms with van der Waals surface area (Å²) >= 11 is 3.41. The highest BCUT2D eigenvalue weighted by Crippen LogP contribution is 2.22. The van der Waals surface area contributed by atoms with E-state index in [1.165, 1.54) is 0 Å². The van der Waals surface area contributed by atoms with Crippen molar-refractivity contribution in [1.82, 2.24) is 15.5 Å². The molecule has 0 atom stereocenters. The third-order valence-corrected chi connectivity index (χ3v) is 4.78. The molecule has 27 heavy (non-hydrogen) atoms. The summed E-state index contributed by atoms with van der Waals surface area (Å²) in [6, 6.07) is 17.4. The van der Waals surface area contributed by atoms with Crippen LogP contribution in [-0.2, 0) is 16.9 Å². The SMILES string of the molecule is CN(Cc1ccccc1)C(=O)NCCC(=O)NC(C)(C)c1ccc(Br)cc1. The van der Waals surface area contributed by atoms with Gasteiger partial charge in [-0.3, -0.25) is 4.79 Å². The molecule has 3 amide bonds. The fourth-order valence-electron chi connectivity index (χ4n) is 2.70. The first-order valence-electron chi connectivity index (χ1n) is 8.88. The molecule has 2 N–H and O–H groups in total. The summed E-state index contributed by atoms with van der Waals surface area (Å²) in [5.74, 6) is -0.103. The maximum atomic E-state index is 12.3. The molecule has 6 heteroatoms. The molecule has 0 fully saturated rings. The van der Waals surface area contributed by atoms with Crippen molar-refractivity contribution in [1.29, 1.82) is 0 Å². The summed E-state index contributed by atoms with van der Waals surface area (Å²) in [4.78, 5) is 26.0. The summed E-state index contributed by atoms with van der Waals surface area (Å²) in [6.07, 6.45) is 0.227. The van der Waals surface area contributed by atoms with Crippen LogP contribution in [-0.4, -0.2) is 30.4 Å². The first-order valence-corrected chi connectivity index (χ1v) is 9.67. The number of amides is 3. The molecule has 0 saturated heterocycles. The van der Waals surface area contributed by atoms with Gasteiger partial charge in [-0.15, -0.1) is 0 Å². The lowest BCUT2D eigenvalue weighted by atomic mass is 9.94. The topological polar surface area (TPSA) is 61.4 Å². The zero-order chi connectivity index (χ0) is 19.9. The Morgan fingerprint density at radius 3 is 2.30 bits per heavy atom. The van der Waals surface area contributed by atoms with E-state index < -0.39 is 5.54 Å². The van der Waals surface area contributed by atoms with Gasteiger partial charge in [0.15, 0.2) is 0 Å². The average molecular weight is 432 g/mol. The van der Waals surface area contributed by atoms with Gasteiger partial charge in [-0.2, -0.15) is 0 Å². The maximum Gasteiger partial charge on any atom is 0.317 e. The first kappa shape index (κ1) is 21.0. The Labute approximate surface area is 169 Å². The van der Waals surface area contributed by atoms with Crippen LogP contribution in [0.1, 0.15) is 31.4 Å². The second-order valence-corrected chi connectivity index (χ2v) is 7.92. The second kappa shape index (κ2) is 9.55. The number of carbonyl (C=O) groups is 2. The minimum absolute atomic E-state index is 0.103. The first-order chi connectivity index (χ1) is 12.8. The largest absolute Gasteiger partial charge is 0.347 e. The zero-order valence-corrected chi connectivity index (χ0v) is 17.5. The number of nitrogens with one attached hydrogen (secondary N) is 2. The van der Waals surface area contributed by atoms with Crippen LogP contribution >= 0.6 is 15.9 Å². The van der Waals surface area contributed by atoms with Crippen molar-refractivity contribution < 1.29 is 9.59 Å². The number of benzene rings is 2. The van der Waals surface area contributed by atoms with Gasteiger partial charge in [0.2, 0.25) is 5.91 Å². The molecule has 0 unspecified atom stereocenters. The van der Waals surface area contributed by atoms with Gasteiger partial charge in [0, 0.05) is 31.0 Å². The summed E-state index contributed by atoms with van der Waals surface area (Å²) in [7, 11) is 1.74. The summed E-state index contributed by atoms with van der Waals surface area (Å²) in [5, 5.41) is 5.80. The average Bonchev–Trinajstić information content (AvgIpc) is 2.62. The van der Waals surface area contributed by atoms with Crippen molar-refractivity contribution in [3.05, 3.63) is 70.2 Å². The third kappa shape index (κ3) is 6.71. The van der Waals surface area contributed by atoms with Gasteiger partial charge in [-0.25, -0.2) is 4.79 Å². The van der Waals surface area contributed by atoms with Crippen molar-refractivity contribution in [3.63, 3.8) is 0 Å². The molecule has 0 spiro atoms. The van der Waals surface area contributed by atoms with Crippen molar-refractivity contribution in [3.8, 4) is 0 Å². The highest BCUT2D eigenvalue weighted by Gasteiger charge is 2.22. The molecular weight excluding hydrogens is 406 g/mol. The lowest BCUT2D eigenvalue weighted by Gasteiger charge is -2.27. The van der Waals surface area contributed by atoms with Crippen molar-refractivity contribution in [2.24, 2.45) is 0 Å². The molecule has 2 rings (SSSR count). The van der Waals surface area contributed by atoms with Gasteiger partial charge in [-0.1, -0.05) is 58.4 Å². The smallest absolute Gasteiger partial charge is 0.317 e. The highest BCUT2D eigenvalue weighted by atomic mass is 79.9. The predicted molar refractivity (Wildman–Crippen MR) is 111 cm³/mol. The van der Waals surface area contributed by atoms with Gasteiger partial charge >= 0.3 is 6.03 Å². The molecule has 0 radical (unpaired) electrons. The lowest BCUT2D eigenvalue weighted by molar-refractivity contribution is -0.122. The molecule has 2 aromatic carbocycles. The van der Waals surface area contributed by atoms with E-state index in [2.05, 4.69) is 26.6 Å². The number of urea groups is 1. The molecule has 144 valence electrons. The molecule has 5 nitrogen and oxygen atoms in total. The Kier molecular flexibility index (Phi) is 7.42. The van der Waals surface area contributed by atoms with E-state index >= 15 is 0 Å². The summed E-state index contributed by atoms with van der Waals surface area (Å²) in [6.45, 7) is 4.73. The van der Waals surface area contributed by atoms with E-state index in [9.17, 15) is 9.59 Å². The molecule has 0 saturated carbocycles. The summed E-state index contributed by atoms with van der Waals surface area (Å²) < 4.78 is 0.996. The quantitative estimate of drug-likeness (QED) is 0.694. The van der Waals surface area contributed by atoms with Crippen LogP contribution in [0.3, 0.4) is 0 Å². The van der Waals surface area contributed by atoms with Gasteiger partial charge < -0.3 is 15.5 Å². The van der Waals surface area contributed by atoms with Crippen LogP contribution in [0.25, 0.3) is 0 Å². The monoisotopic (exact) mass is 431 g/mol. The van der Waals surface area contributed by atoms with E-state index in [0.29, 0.717) is 13.1 Å². The van der Waals surface area contributed by atoms with Crippen LogP contribution in [0, 0.1) is 0 Å². The van der Waals surface area contributed by atoms with Gasteiger partial charge in [0.25, 0.3) is 0 Å². The zero-order valence-electron chi connectivity index (χ0n) is 16.0. The van der Waals surface area contributed by atoms with Gasteiger partial charge in [0.1, 0.15) is 0 Å². The van der Waals surface area contributed by atoms with Crippen molar-refractivity contribution in [2.75, 3.05) is 13.6 Å². The lowest BCUT2D eigenvalue weighted by Crippen LogP contribution is -2.43. The Bertz CT molecular complexity index is 761. The second-order valence-electron chi connectivity index (χ2n) is 7.00. The van der Waals surface area contributed by atoms with E-state index in [-0.39, 0.29) is 18.4 Å². The molecule has 0 bridgehead atoms. The molecule has 2 aromatic rings. The van der Waals surface area contributed by atoms with Crippen LogP contribution in [0.4, 0.5) is 4.79 Å². The highest BCUT2D eigenvalue weighted by molar-refractivity contribution is 9.10. The minimum atomic E-state index is -0.480. The van der Waals surface area contributed by atoms with Crippen LogP contribution in [0.15, 0.2) is 59.1 Å². The number of hydrogen-bond acceptors (Lipinski definition) is 2. The maximum absolute atomic E-state index is 12.3. The van der Waals surface area contributed by atoms with Crippen LogP contribution in [0.2, 0.25) is 0 Å². The predicted octanol–water partition coefficient (Wildman–Crippen LogP) is 4.03. The fourth-order valence-corrected chi connectivity index (χ4v) is 2.96. The van der Waals surface area contributed by atoms with E-state index in [1.807, 2.05) is 68.4 Å². The molecular formula is C21H26BrN3O2. The van der Waals surface area contributed by atoms with Crippen LogP contribution in [0.5, 0.6) is 0 Å². The summed E-state index contributed by atoms with van der Waals surface area (Å²) in [5.41, 5.74) is 1.60. The van der Waals surface area contributed by atoms with Crippen LogP contribution < -0.4 is 10.6 Å². The van der Waals surface area contributed by atoms with E-state index in [4.69, 9.17) is 0 Å². The van der Waals surface area contributed by atoms with Crippen molar-refractivity contribution >= 4 is 27.9 Å². The Hall–Kier alpha value is -2.34. The molecule has 0 aliphatic rings. The Morgan fingerprint density at radius 1 is 1.04 bits per heavy atom. The third-order valence-electron chi connectivity index (χ3n) is 4.26. The molecule has 0 heterocycles. The normalized spacial score (nSPS) is 11.0. The van der Waals surface area contributed by atoms with Gasteiger partial charge in [-0.05, 0) is 37.1 Å². The van der Waals surface area contributed by atoms with Gasteiger partial charge in [0.05, 0.1) is 5.54 Å². The van der Waals surface area contributed by atoms with E-state index in [0.717, 1.165) is 15.6 Å². The Morgan fingerprint density at radius 2 is 1.67 bits per heavy atom. The standard InChI is InChI=1S/C21H26BrN3O2/c1-21(2,17-9-11-18(22)12-10-17)24-19(26)13-14-23-20(27)25(3)15-16-7-5-4-6-8-16/h4-12H,13-15H2,1-3H3,(H,23,27)(H,24,26). The molecule has 0 aliphatic heterocycles. The fraction of sp³-hybridized carbons (Fsp3) is 0.333. The number of carbonyl (C=O) groups excluding carboxylic acids is 2. The number of halogens is 1. The molecule has 0 aromatic heterocycles. The molecule has 0 aliphatic carbocycles. The number of nitrogens with zero attached hydrogens (tertiary/aromatic N) is 1. The number of hydrogen-bond donors (Lipinski definition) is 2. The van der Waals surface area contributed by atoms with E-state index in [1.54, 1.807) is 11.9 Å². The minimum Gasteiger partial charge on any atom is -0.347 e. The van der Waals surface area contributed by atoms with Crippen molar-refractivity contribution in [2.45, 2.75) is 32.4 Å².